The highest BCUT2D eigenvalue weighted by molar-refractivity contribution is 7.99. The molecule has 0 radical (unpaired) electrons. The van der Waals surface area contributed by atoms with E-state index in [-0.39, 0.29) is 0 Å². The summed E-state index contributed by atoms with van der Waals surface area (Å²) in [5.74, 6) is 2.17. The molecule has 0 spiro atoms. The smallest absolute Gasteiger partial charge is 0.0559 e. The van der Waals surface area contributed by atoms with Crippen molar-refractivity contribution in [3.8, 4) is 0 Å². The van der Waals surface area contributed by atoms with Crippen LogP contribution < -0.4 is 11.5 Å². The second kappa shape index (κ2) is 3.50. The molecular formula is C10H14N2S. The maximum absolute atomic E-state index is 5.70. The molecule has 1 aromatic rings. The number of anilines is 2. The maximum atomic E-state index is 5.70. The zero-order valence-corrected chi connectivity index (χ0v) is 8.31. The first-order valence-electron chi connectivity index (χ1n) is 4.53. The Morgan fingerprint density at radius 3 is 2.62 bits per heavy atom. The predicted octanol–water partition coefficient (Wildman–Crippen LogP) is 2.35. The van der Waals surface area contributed by atoms with Gasteiger partial charge in [0.1, 0.15) is 0 Å². The topological polar surface area (TPSA) is 52.0 Å². The van der Waals surface area contributed by atoms with Crippen molar-refractivity contribution in [3.05, 3.63) is 18.2 Å². The van der Waals surface area contributed by atoms with Crippen molar-refractivity contribution < 1.29 is 0 Å². The molecule has 3 heteroatoms. The highest BCUT2D eigenvalue weighted by Gasteiger charge is 2.20. The fourth-order valence-electron chi connectivity index (χ4n) is 1.14. The third kappa shape index (κ3) is 2.31. The van der Waals surface area contributed by atoms with Gasteiger partial charge >= 0.3 is 0 Å². The zero-order chi connectivity index (χ0) is 9.26. The van der Waals surface area contributed by atoms with Crippen molar-refractivity contribution in [2.75, 3.05) is 17.2 Å². The van der Waals surface area contributed by atoms with E-state index in [0.717, 1.165) is 5.92 Å². The van der Waals surface area contributed by atoms with Crippen LogP contribution in [-0.4, -0.2) is 5.75 Å². The van der Waals surface area contributed by atoms with Gasteiger partial charge in [0.25, 0.3) is 0 Å². The van der Waals surface area contributed by atoms with E-state index in [9.17, 15) is 0 Å². The third-order valence-corrected chi connectivity index (χ3v) is 3.47. The van der Waals surface area contributed by atoms with Crippen LogP contribution in [0, 0.1) is 5.92 Å². The number of thioether (sulfide) groups is 1. The van der Waals surface area contributed by atoms with E-state index >= 15 is 0 Å². The summed E-state index contributed by atoms with van der Waals surface area (Å²) < 4.78 is 0. The first-order valence-corrected chi connectivity index (χ1v) is 5.52. The molecule has 1 aliphatic rings. The lowest BCUT2D eigenvalue weighted by atomic mass is 10.3. The lowest BCUT2D eigenvalue weighted by Gasteiger charge is -2.03. The Morgan fingerprint density at radius 2 is 2.00 bits per heavy atom. The molecule has 1 aliphatic carbocycles. The van der Waals surface area contributed by atoms with E-state index in [1.54, 1.807) is 0 Å². The number of hydrogen-bond acceptors (Lipinski definition) is 3. The van der Waals surface area contributed by atoms with Gasteiger partial charge in [0.15, 0.2) is 0 Å². The highest BCUT2D eigenvalue weighted by Crippen LogP contribution is 2.35. The first kappa shape index (κ1) is 8.75. The Hall–Kier alpha value is -0.830. The third-order valence-electron chi connectivity index (χ3n) is 2.24. The van der Waals surface area contributed by atoms with Crippen molar-refractivity contribution in [2.45, 2.75) is 17.7 Å². The molecule has 0 heterocycles. The average molecular weight is 194 g/mol. The standard InChI is InChI=1S/C10H14N2S/c11-9-4-3-8(5-10(9)12)13-6-7-1-2-7/h3-5,7H,1-2,6,11-12H2. The molecule has 0 saturated heterocycles. The van der Waals surface area contributed by atoms with Crippen molar-refractivity contribution in [3.63, 3.8) is 0 Å². The van der Waals surface area contributed by atoms with Crippen LogP contribution in [0.4, 0.5) is 11.4 Å². The molecule has 0 bridgehead atoms. The summed E-state index contributed by atoms with van der Waals surface area (Å²) in [6.45, 7) is 0. The number of hydrogen-bond donors (Lipinski definition) is 2. The molecule has 0 aromatic heterocycles. The molecule has 0 atom stereocenters. The lowest BCUT2D eigenvalue weighted by Crippen LogP contribution is -1.94. The lowest BCUT2D eigenvalue weighted by molar-refractivity contribution is 1.000. The largest absolute Gasteiger partial charge is 0.397 e. The minimum absolute atomic E-state index is 0.677. The summed E-state index contributed by atoms with van der Waals surface area (Å²) in [7, 11) is 0. The van der Waals surface area contributed by atoms with Crippen LogP contribution in [0.3, 0.4) is 0 Å². The number of nitrogen functional groups attached to an aromatic ring is 2. The Balaban J connectivity index is 1.98. The van der Waals surface area contributed by atoms with Crippen molar-refractivity contribution in [2.24, 2.45) is 5.92 Å². The van der Waals surface area contributed by atoms with Gasteiger partial charge in [0.05, 0.1) is 11.4 Å². The van der Waals surface area contributed by atoms with Crippen LogP contribution in [0.5, 0.6) is 0 Å². The molecule has 4 N–H and O–H groups in total. The molecule has 13 heavy (non-hydrogen) atoms. The minimum atomic E-state index is 0.677. The van der Waals surface area contributed by atoms with E-state index in [1.807, 2.05) is 30.0 Å². The summed E-state index contributed by atoms with van der Waals surface area (Å²) >= 11 is 1.88. The Labute approximate surface area is 82.7 Å². The van der Waals surface area contributed by atoms with Crippen LogP contribution in [-0.2, 0) is 0 Å². The van der Waals surface area contributed by atoms with Crippen LogP contribution in [0.15, 0.2) is 23.1 Å². The van der Waals surface area contributed by atoms with E-state index in [2.05, 4.69) is 0 Å². The summed E-state index contributed by atoms with van der Waals surface area (Å²) in [5, 5.41) is 0. The van der Waals surface area contributed by atoms with E-state index in [1.165, 1.54) is 23.5 Å². The summed E-state index contributed by atoms with van der Waals surface area (Å²) in [6, 6.07) is 5.88. The van der Waals surface area contributed by atoms with Gasteiger partial charge < -0.3 is 11.5 Å². The van der Waals surface area contributed by atoms with Gasteiger partial charge in [-0.3, -0.25) is 0 Å². The number of nitrogens with two attached hydrogens (primary N) is 2. The number of rotatable bonds is 3. The molecule has 1 fully saturated rings. The zero-order valence-electron chi connectivity index (χ0n) is 7.49. The summed E-state index contributed by atoms with van der Waals surface area (Å²) in [5.41, 5.74) is 12.7. The van der Waals surface area contributed by atoms with Crippen LogP contribution >= 0.6 is 11.8 Å². The van der Waals surface area contributed by atoms with Gasteiger partial charge in [-0.15, -0.1) is 11.8 Å². The molecule has 2 nitrogen and oxygen atoms in total. The molecule has 0 aliphatic heterocycles. The normalized spacial score (nSPS) is 16.0. The van der Waals surface area contributed by atoms with E-state index in [4.69, 9.17) is 11.5 Å². The van der Waals surface area contributed by atoms with Gasteiger partial charge in [-0.2, -0.15) is 0 Å². The fourth-order valence-corrected chi connectivity index (χ4v) is 2.28. The van der Waals surface area contributed by atoms with Crippen LogP contribution in [0.2, 0.25) is 0 Å². The summed E-state index contributed by atoms with van der Waals surface area (Å²) in [4.78, 5) is 1.23. The van der Waals surface area contributed by atoms with Gasteiger partial charge in [-0.25, -0.2) is 0 Å². The van der Waals surface area contributed by atoms with E-state index in [0.29, 0.717) is 11.4 Å². The Bertz CT molecular complexity index is 308. The second-order valence-corrected chi connectivity index (χ2v) is 4.64. The molecule has 70 valence electrons. The maximum Gasteiger partial charge on any atom is 0.0559 e. The Morgan fingerprint density at radius 1 is 1.23 bits per heavy atom. The molecule has 2 rings (SSSR count). The number of benzene rings is 1. The molecular weight excluding hydrogens is 180 g/mol. The van der Waals surface area contributed by atoms with E-state index < -0.39 is 0 Å². The van der Waals surface area contributed by atoms with Gasteiger partial charge in [0, 0.05) is 10.6 Å². The van der Waals surface area contributed by atoms with Gasteiger partial charge in [0.2, 0.25) is 0 Å². The summed E-state index contributed by atoms with van der Waals surface area (Å²) in [6.07, 6.45) is 2.80. The van der Waals surface area contributed by atoms with Crippen LogP contribution in [0.1, 0.15) is 12.8 Å². The SMILES string of the molecule is Nc1ccc(SCC2CC2)cc1N. The minimum Gasteiger partial charge on any atom is -0.397 e. The molecule has 0 unspecified atom stereocenters. The average Bonchev–Trinajstić information content (AvgIpc) is 2.91. The molecule has 1 saturated carbocycles. The molecule has 0 amide bonds. The van der Waals surface area contributed by atoms with Gasteiger partial charge in [-0.1, -0.05) is 0 Å². The fraction of sp³-hybridized carbons (Fsp3) is 0.400. The molecule has 1 aromatic carbocycles. The quantitative estimate of drug-likeness (QED) is 0.573. The van der Waals surface area contributed by atoms with Crippen molar-refractivity contribution in [1.29, 1.82) is 0 Å². The monoisotopic (exact) mass is 194 g/mol. The second-order valence-electron chi connectivity index (χ2n) is 3.55. The first-order chi connectivity index (χ1) is 6.25. The highest BCUT2D eigenvalue weighted by atomic mass is 32.2. The van der Waals surface area contributed by atoms with Crippen molar-refractivity contribution in [1.82, 2.24) is 0 Å². The Kier molecular flexibility index (Phi) is 2.36. The van der Waals surface area contributed by atoms with Gasteiger partial charge in [-0.05, 0) is 37.0 Å². The van der Waals surface area contributed by atoms with Crippen LogP contribution in [0.25, 0.3) is 0 Å². The predicted molar refractivity (Wildman–Crippen MR) is 58.7 cm³/mol. The van der Waals surface area contributed by atoms with Crippen molar-refractivity contribution >= 4 is 23.1 Å².